The minimum Gasteiger partial charge on any atom is -0.358 e. The number of alkyl halides is 1. The molecule has 0 saturated carbocycles. The summed E-state index contributed by atoms with van der Waals surface area (Å²) in [5, 5.41) is 15.9. The van der Waals surface area contributed by atoms with Gasteiger partial charge in [0.05, 0.1) is 12.6 Å². The van der Waals surface area contributed by atoms with Gasteiger partial charge in [-0.05, 0) is 13.0 Å². The molecular formula is C16H15ClN6O2S. The summed E-state index contributed by atoms with van der Waals surface area (Å²) in [4.78, 5) is 26.4. The van der Waals surface area contributed by atoms with E-state index in [-0.39, 0.29) is 24.1 Å². The Labute approximate surface area is 157 Å². The van der Waals surface area contributed by atoms with Gasteiger partial charge in [-0.25, -0.2) is 5.43 Å². The summed E-state index contributed by atoms with van der Waals surface area (Å²) in [5.74, 6) is -0.875. The highest BCUT2D eigenvalue weighted by molar-refractivity contribution is 7.15. The van der Waals surface area contributed by atoms with Gasteiger partial charge in [-0.3, -0.25) is 14.9 Å². The van der Waals surface area contributed by atoms with Gasteiger partial charge in [0, 0.05) is 22.2 Å². The van der Waals surface area contributed by atoms with Gasteiger partial charge in [-0.1, -0.05) is 29.5 Å². The lowest BCUT2D eigenvalue weighted by Gasteiger charge is -1.97. The fraction of sp³-hybridized carbons (Fsp3) is 0.188. The van der Waals surface area contributed by atoms with Gasteiger partial charge in [0.2, 0.25) is 16.9 Å². The molecule has 1 aromatic carbocycles. The molecule has 0 saturated heterocycles. The maximum absolute atomic E-state index is 12.0. The molecule has 2 heterocycles. The number of aromatic amines is 1. The van der Waals surface area contributed by atoms with Crippen molar-refractivity contribution in [3.8, 4) is 0 Å². The second-order valence-electron chi connectivity index (χ2n) is 5.36. The van der Waals surface area contributed by atoms with Crippen LogP contribution in [0.2, 0.25) is 0 Å². The summed E-state index contributed by atoms with van der Waals surface area (Å²) in [7, 11) is 0. The Bertz CT molecular complexity index is 980. The Kier molecular flexibility index (Phi) is 5.59. The first kappa shape index (κ1) is 18.0. The van der Waals surface area contributed by atoms with Gasteiger partial charge >= 0.3 is 0 Å². The standard InChI is InChI=1S/C16H15ClN6O2S/c1-9-11(10-4-2-3-5-12(10)19-9)8-18-21-13(24)6-15-22-23-16(26-15)20-14(25)7-17/h2-5,8,19H,6-7H2,1H3,(H,21,24)(H,20,23,25)/b18-8-. The Morgan fingerprint density at radius 3 is 2.92 bits per heavy atom. The van der Waals surface area contributed by atoms with Gasteiger partial charge in [0.15, 0.2) is 0 Å². The van der Waals surface area contributed by atoms with E-state index in [2.05, 4.69) is 31.0 Å². The van der Waals surface area contributed by atoms with E-state index in [0.29, 0.717) is 10.1 Å². The molecule has 0 aliphatic rings. The monoisotopic (exact) mass is 390 g/mol. The van der Waals surface area contributed by atoms with Crippen LogP contribution in [0.3, 0.4) is 0 Å². The Balaban J connectivity index is 1.59. The van der Waals surface area contributed by atoms with Gasteiger partial charge in [0.1, 0.15) is 10.9 Å². The van der Waals surface area contributed by atoms with Crippen LogP contribution in [0.25, 0.3) is 10.9 Å². The van der Waals surface area contributed by atoms with Crippen LogP contribution in [0, 0.1) is 6.92 Å². The molecule has 10 heteroatoms. The number of hydrogen-bond donors (Lipinski definition) is 3. The molecule has 2 amide bonds. The minimum absolute atomic E-state index is 0.0125. The van der Waals surface area contributed by atoms with E-state index in [4.69, 9.17) is 11.6 Å². The molecule has 0 spiro atoms. The SMILES string of the molecule is Cc1[nH]c2ccccc2c1/C=N\NC(=O)Cc1nnc(NC(=O)CCl)s1. The van der Waals surface area contributed by atoms with Crippen LogP contribution in [0.4, 0.5) is 5.13 Å². The fourth-order valence-electron chi connectivity index (χ4n) is 2.34. The van der Waals surface area contributed by atoms with Crippen LogP contribution < -0.4 is 10.7 Å². The van der Waals surface area contributed by atoms with Crippen molar-refractivity contribution in [2.45, 2.75) is 13.3 Å². The average Bonchev–Trinajstić information content (AvgIpc) is 3.18. The number of amides is 2. The van der Waals surface area contributed by atoms with E-state index in [1.165, 1.54) is 0 Å². The summed E-state index contributed by atoms with van der Waals surface area (Å²) in [5.41, 5.74) is 5.37. The van der Waals surface area contributed by atoms with Crippen LogP contribution in [-0.4, -0.2) is 39.1 Å². The van der Waals surface area contributed by atoms with Crippen molar-refractivity contribution in [3.63, 3.8) is 0 Å². The summed E-state index contributed by atoms with van der Waals surface area (Å²) >= 11 is 6.51. The number of carbonyl (C=O) groups is 2. The first-order chi connectivity index (χ1) is 12.6. The third kappa shape index (κ3) is 4.24. The van der Waals surface area contributed by atoms with Crippen molar-refractivity contribution in [1.82, 2.24) is 20.6 Å². The number of anilines is 1. The highest BCUT2D eigenvalue weighted by Gasteiger charge is 2.11. The largest absolute Gasteiger partial charge is 0.358 e. The van der Waals surface area contributed by atoms with Crippen molar-refractivity contribution in [2.24, 2.45) is 5.10 Å². The van der Waals surface area contributed by atoms with E-state index in [1.807, 2.05) is 31.2 Å². The fourth-order valence-corrected chi connectivity index (χ4v) is 3.16. The number of carbonyl (C=O) groups excluding carboxylic acids is 2. The quantitative estimate of drug-likeness (QED) is 0.340. The molecule has 0 atom stereocenters. The van der Waals surface area contributed by atoms with E-state index in [9.17, 15) is 9.59 Å². The van der Waals surface area contributed by atoms with Crippen LogP contribution in [0.1, 0.15) is 16.3 Å². The molecule has 0 aliphatic heterocycles. The maximum Gasteiger partial charge on any atom is 0.247 e. The van der Waals surface area contributed by atoms with Crippen molar-refractivity contribution < 1.29 is 9.59 Å². The third-order valence-corrected chi connectivity index (χ3v) is 4.55. The van der Waals surface area contributed by atoms with Gasteiger partial charge in [0.25, 0.3) is 0 Å². The number of nitrogens with zero attached hydrogens (tertiary/aromatic N) is 3. The van der Waals surface area contributed by atoms with Crippen LogP contribution in [0.15, 0.2) is 29.4 Å². The number of aryl methyl sites for hydroxylation is 1. The third-order valence-electron chi connectivity index (χ3n) is 3.47. The molecule has 3 N–H and O–H groups in total. The lowest BCUT2D eigenvalue weighted by atomic mass is 10.1. The van der Waals surface area contributed by atoms with E-state index >= 15 is 0 Å². The number of nitrogens with one attached hydrogen (secondary N) is 3. The molecule has 0 radical (unpaired) electrons. The minimum atomic E-state index is -0.377. The first-order valence-corrected chi connectivity index (χ1v) is 8.99. The van der Waals surface area contributed by atoms with Crippen LogP contribution in [0.5, 0.6) is 0 Å². The Morgan fingerprint density at radius 2 is 2.12 bits per heavy atom. The Hall–Kier alpha value is -2.78. The van der Waals surface area contributed by atoms with E-state index in [0.717, 1.165) is 33.5 Å². The lowest BCUT2D eigenvalue weighted by Crippen LogP contribution is -2.19. The summed E-state index contributed by atoms with van der Waals surface area (Å²) in [6, 6.07) is 7.86. The highest BCUT2D eigenvalue weighted by Crippen LogP contribution is 2.20. The molecule has 0 unspecified atom stereocenters. The molecule has 2 aromatic heterocycles. The van der Waals surface area contributed by atoms with E-state index < -0.39 is 0 Å². The zero-order chi connectivity index (χ0) is 18.5. The number of hydrogen-bond acceptors (Lipinski definition) is 6. The van der Waals surface area contributed by atoms with Crippen molar-refractivity contribution in [2.75, 3.05) is 11.2 Å². The molecule has 3 aromatic rings. The van der Waals surface area contributed by atoms with Crippen molar-refractivity contribution in [1.29, 1.82) is 0 Å². The zero-order valence-electron chi connectivity index (χ0n) is 13.7. The van der Waals surface area contributed by atoms with Crippen LogP contribution >= 0.6 is 22.9 Å². The van der Waals surface area contributed by atoms with Gasteiger partial charge in [-0.15, -0.1) is 21.8 Å². The smallest absolute Gasteiger partial charge is 0.247 e. The first-order valence-electron chi connectivity index (χ1n) is 7.64. The number of benzene rings is 1. The van der Waals surface area contributed by atoms with Crippen molar-refractivity contribution >= 4 is 57.0 Å². The Morgan fingerprint density at radius 1 is 1.31 bits per heavy atom. The predicted molar refractivity (Wildman–Crippen MR) is 102 cm³/mol. The normalized spacial score (nSPS) is 11.2. The number of H-pyrrole nitrogens is 1. The topological polar surface area (TPSA) is 112 Å². The molecule has 0 fully saturated rings. The summed E-state index contributed by atoms with van der Waals surface area (Å²) in [6.45, 7) is 1.95. The average molecular weight is 391 g/mol. The second kappa shape index (κ2) is 8.07. The number of aromatic nitrogens is 3. The molecule has 8 nitrogen and oxygen atoms in total. The van der Waals surface area contributed by atoms with E-state index in [1.54, 1.807) is 6.21 Å². The van der Waals surface area contributed by atoms with Crippen molar-refractivity contribution in [3.05, 3.63) is 40.5 Å². The number of rotatable bonds is 6. The maximum atomic E-state index is 12.0. The lowest BCUT2D eigenvalue weighted by molar-refractivity contribution is -0.120. The number of para-hydroxylation sites is 1. The summed E-state index contributed by atoms with van der Waals surface area (Å²) in [6.07, 6.45) is 1.62. The molecule has 3 rings (SSSR count). The molecular weight excluding hydrogens is 376 g/mol. The predicted octanol–water partition coefficient (Wildman–Crippen LogP) is 2.20. The number of halogens is 1. The zero-order valence-corrected chi connectivity index (χ0v) is 15.3. The molecule has 134 valence electrons. The molecule has 0 aliphatic carbocycles. The van der Waals surface area contributed by atoms with Crippen LogP contribution in [-0.2, 0) is 16.0 Å². The van der Waals surface area contributed by atoms with Gasteiger partial charge in [-0.2, -0.15) is 5.10 Å². The second-order valence-corrected chi connectivity index (χ2v) is 6.69. The summed E-state index contributed by atoms with van der Waals surface area (Å²) < 4.78 is 0. The molecule has 0 bridgehead atoms. The number of hydrazone groups is 1. The van der Waals surface area contributed by atoms with Gasteiger partial charge < -0.3 is 4.98 Å². The number of fused-ring (bicyclic) bond motifs is 1. The highest BCUT2D eigenvalue weighted by atomic mass is 35.5. The molecule has 26 heavy (non-hydrogen) atoms.